The van der Waals surface area contributed by atoms with E-state index in [9.17, 15) is 0 Å². The van der Waals surface area contributed by atoms with Crippen molar-refractivity contribution in [2.24, 2.45) is 0 Å². The first-order chi connectivity index (χ1) is 5.88. The predicted molar refractivity (Wildman–Crippen MR) is 55.3 cm³/mol. The smallest absolute Gasteiger partial charge is 0.0151 e. The first kappa shape index (κ1) is 9.05. The summed E-state index contributed by atoms with van der Waals surface area (Å²) in [6.45, 7) is 6.16. The van der Waals surface area contributed by atoms with Crippen LogP contribution in [0, 0.1) is 6.92 Å². The van der Waals surface area contributed by atoms with Crippen LogP contribution in [0.2, 0.25) is 0 Å². The van der Waals surface area contributed by atoms with Crippen LogP contribution in [-0.2, 0) is 0 Å². The third kappa shape index (κ3) is 1.58. The molecule has 0 atom stereocenters. The summed E-state index contributed by atoms with van der Waals surface area (Å²) in [5.41, 5.74) is 1.39. The molecule has 0 aromatic heterocycles. The number of fused-ring (bicyclic) bond motifs is 1. The Hall–Kier alpha value is -1.04. The Kier molecular flexibility index (Phi) is 3.09. The van der Waals surface area contributed by atoms with E-state index in [1.807, 2.05) is 13.8 Å². The zero-order valence-corrected chi connectivity index (χ0v) is 8.09. The molecule has 0 spiro atoms. The number of benzene rings is 1. The lowest BCUT2D eigenvalue weighted by Gasteiger charge is -1.89. The van der Waals surface area contributed by atoms with Crippen molar-refractivity contribution in [2.45, 2.75) is 27.2 Å². The minimum Gasteiger partial charge on any atom is -0.0728 e. The van der Waals surface area contributed by atoms with Crippen molar-refractivity contribution in [2.75, 3.05) is 0 Å². The van der Waals surface area contributed by atoms with Crippen molar-refractivity contribution in [3.63, 3.8) is 0 Å². The molecule has 1 aromatic carbocycles. The third-order valence-electron chi connectivity index (χ3n) is 2.02. The molecule has 1 aliphatic rings. The molecule has 0 saturated heterocycles. The molecule has 64 valence electrons. The van der Waals surface area contributed by atoms with Gasteiger partial charge in [0.2, 0.25) is 0 Å². The van der Waals surface area contributed by atoms with Gasteiger partial charge in [0, 0.05) is 0 Å². The van der Waals surface area contributed by atoms with Gasteiger partial charge in [-0.2, -0.15) is 0 Å². The molecular formula is C12H16. The second kappa shape index (κ2) is 4.10. The second-order valence-corrected chi connectivity index (χ2v) is 2.72. The molecule has 0 aliphatic heterocycles. The van der Waals surface area contributed by atoms with Crippen LogP contribution in [0.25, 0.3) is 12.2 Å². The molecule has 1 aromatic rings. The van der Waals surface area contributed by atoms with Crippen molar-refractivity contribution >= 4 is 12.2 Å². The topological polar surface area (TPSA) is 0 Å². The van der Waals surface area contributed by atoms with Crippen LogP contribution < -0.4 is 10.4 Å². The van der Waals surface area contributed by atoms with Crippen LogP contribution in [0.15, 0.2) is 18.2 Å². The molecular weight excluding hydrogens is 144 g/mol. The molecule has 0 radical (unpaired) electrons. The van der Waals surface area contributed by atoms with E-state index < -0.39 is 0 Å². The van der Waals surface area contributed by atoms with E-state index in [1.54, 1.807) is 0 Å². The van der Waals surface area contributed by atoms with Crippen LogP contribution in [0.4, 0.5) is 0 Å². The molecule has 0 saturated carbocycles. The fraction of sp³-hybridized carbons (Fsp3) is 0.333. The molecule has 0 N–H and O–H groups in total. The minimum absolute atomic E-state index is 1.11. The van der Waals surface area contributed by atoms with Crippen molar-refractivity contribution in [1.82, 2.24) is 0 Å². The molecule has 0 bridgehead atoms. The van der Waals surface area contributed by atoms with E-state index in [4.69, 9.17) is 0 Å². The minimum atomic E-state index is 1.11. The van der Waals surface area contributed by atoms with Crippen LogP contribution in [0.5, 0.6) is 0 Å². The van der Waals surface area contributed by atoms with Gasteiger partial charge in [0.05, 0.1) is 0 Å². The first-order valence-corrected chi connectivity index (χ1v) is 4.64. The highest BCUT2D eigenvalue weighted by molar-refractivity contribution is 5.48. The van der Waals surface area contributed by atoms with Gasteiger partial charge in [-0.3, -0.25) is 0 Å². The highest BCUT2D eigenvalue weighted by Crippen LogP contribution is 1.92. The second-order valence-electron chi connectivity index (χ2n) is 2.72. The summed E-state index contributed by atoms with van der Waals surface area (Å²) in [6.07, 6.45) is 5.66. The predicted octanol–water partition coefficient (Wildman–Crippen LogP) is 1.99. The highest BCUT2D eigenvalue weighted by Gasteiger charge is 1.93. The lowest BCUT2D eigenvalue weighted by atomic mass is 10.2. The normalized spacial score (nSPS) is 11.9. The van der Waals surface area contributed by atoms with E-state index in [-0.39, 0.29) is 0 Å². The number of aryl methyl sites for hydroxylation is 1. The summed E-state index contributed by atoms with van der Waals surface area (Å²) in [7, 11) is 0. The standard InChI is InChI=1S/C10H10.C2H6/c1-8-4-2-5-9-6-3-7-10(8)9;1-2/h2,4-7H,3H2,1H3;1-2H3. The van der Waals surface area contributed by atoms with E-state index in [0.29, 0.717) is 0 Å². The Morgan fingerprint density at radius 1 is 1.08 bits per heavy atom. The zero-order chi connectivity index (χ0) is 8.97. The Labute approximate surface area is 74.2 Å². The number of hydrogen-bond donors (Lipinski definition) is 0. The Morgan fingerprint density at radius 2 is 1.83 bits per heavy atom. The molecule has 1 aliphatic carbocycles. The molecule has 0 nitrogen and oxygen atoms in total. The van der Waals surface area contributed by atoms with E-state index in [2.05, 4.69) is 37.3 Å². The van der Waals surface area contributed by atoms with Crippen molar-refractivity contribution in [3.05, 3.63) is 34.2 Å². The van der Waals surface area contributed by atoms with Gasteiger partial charge in [0.15, 0.2) is 0 Å². The van der Waals surface area contributed by atoms with Crippen LogP contribution in [-0.4, -0.2) is 0 Å². The maximum Gasteiger partial charge on any atom is -0.0151 e. The maximum absolute atomic E-state index is 2.28. The SMILES string of the molecule is CC.Cc1cccc2c1=CCC=2. The Morgan fingerprint density at radius 3 is 2.50 bits per heavy atom. The summed E-state index contributed by atoms with van der Waals surface area (Å²) in [5, 5.41) is 2.84. The van der Waals surface area contributed by atoms with Gasteiger partial charge < -0.3 is 0 Å². The summed E-state index contributed by atoms with van der Waals surface area (Å²) >= 11 is 0. The van der Waals surface area contributed by atoms with Gasteiger partial charge in [-0.1, -0.05) is 44.2 Å². The summed E-state index contributed by atoms with van der Waals surface area (Å²) < 4.78 is 0. The van der Waals surface area contributed by atoms with Crippen molar-refractivity contribution in [1.29, 1.82) is 0 Å². The summed E-state index contributed by atoms with van der Waals surface area (Å²) in [4.78, 5) is 0. The van der Waals surface area contributed by atoms with Gasteiger partial charge in [-0.15, -0.1) is 0 Å². The Bertz CT molecular complexity index is 358. The lowest BCUT2D eigenvalue weighted by molar-refractivity contribution is 1.38. The van der Waals surface area contributed by atoms with Crippen LogP contribution >= 0.6 is 0 Å². The van der Waals surface area contributed by atoms with Gasteiger partial charge in [-0.05, 0) is 29.3 Å². The lowest BCUT2D eigenvalue weighted by Crippen LogP contribution is -2.23. The quantitative estimate of drug-likeness (QED) is 0.544. The fourth-order valence-electron chi connectivity index (χ4n) is 1.46. The van der Waals surface area contributed by atoms with Gasteiger partial charge in [0.25, 0.3) is 0 Å². The third-order valence-corrected chi connectivity index (χ3v) is 2.02. The van der Waals surface area contributed by atoms with E-state index in [0.717, 1.165) is 6.42 Å². The first-order valence-electron chi connectivity index (χ1n) is 4.64. The Balaban J connectivity index is 0.000000336. The van der Waals surface area contributed by atoms with Gasteiger partial charge >= 0.3 is 0 Å². The fourth-order valence-corrected chi connectivity index (χ4v) is 1.46. The van der Waals surface area contributed by atoms with Crippen molar-refractivity contribution in [3.8, 4) is 0 Å². The molecule has 0 fully saturated rings. The van der Waals surface area contributed by atoms with Gasteiger partial charge in [0.1, 0.15) is 0 Å². The monoisotopic (exact) mass is 160 g/mol. The molecule has 12 heavy (non-hydrogen) atoms. The van der Waals surface area contributed by atoms with Gasteiger partial charge in [-0.25, -0.2) is 0 Å². The number of hydrogen-bond acceptors (Lipinski definition) is 0. The molecule has 0 unspecified atom stereocenters. The highest BCUT2D eigenvalue weighted by atomic mass is 14.0. The molecule has 0 amide bonds. The van der Waals surface area contributed by atoms with Crippen molar-refractivity contribution < 1.29 is 0 Å². The molecule has 0 heteroatoms. The van der Waals surface area contributed by atoms with E-state index >= 15 is 0 Å². The molecule has 2 rings (SSSR count). The largest absolute Gasteiger partial charge is 0.0728 e. The summed E-state index contributed by atoms with van der Waals surface area (Å²) in [5.74, 6) is 0. The average molecular weight is 160 g/mol. The average Bonchev–Trinajstić information content (AvgIpc) is 2.57. The molecule has 0 heterocycles. The zero-order valence-electron chi connectivity index (χ0n) is 8.09. The summed E-state index contributed by atoms with van der Waals surface area (Å²) in [6, 6.07) is 6.45. The van der Waals surface area contributed by atoms with Crippen LogP contribution in [0.3, 0.4) is 0 Å². The van der Waals surface area contributed by atoms with Crippen LogP contribution in [0.1, 0.15) is 25.8 Å². The maximum atomic E-state index is 2.28. The number of rotatable bonds is 0. The van der Waals surface area contributed by atoms with E-state index in [1.165, 1.54) is 16.0 Å².